The first-order valence-electron chi connectivity index (χ1n) is 9.52. The molecule has 6 heteroatoms. The van der Waals surface area contributed by atoms with Crippen LogP contribution in [-0.2, 0) is 13.1 Å². The van der Waals surface area contributed by atoms with E-state index in [0.717, 1.165) is 0 Å². The van der Waals surface area contributed by atoms with Gasteiger partial charge in [-0.25, -0.2) is 17.6 Å². The van der Waals surface area contributed by atoms with Gasteiger partial charge in [0.2, 0.25) is 0 Å². The summed E-state index contributed by atoms with van der Waals surface area (Å²) in [6.07, 6.45) is -0.309. The van der Waals surface area contributed by atoms with Crippen LogP contribution in [0.25, 0.3) is 0 Å². The highest BCUT2D eigenvalue weighted by Gasteiger charge is 2.32. The molecule has 0 amide bonds. The van der Waals surface area contributed by atoms with Gasteiger partial charge in [-0.2, -0.15) is 0 Å². The summed E-state index contributed by atoms with van der Waals surface area (Å²) in [6, 6.07) is 19.1. The van der Waals surface area contributed by atoms with E-state index in [0.29, 0.717) is 22.1 Å². The molecule has 0 radical (unpaired) electrons. The molecule has 0 bridgehead atoms. The molecule has 3 aromatic rings. The zero-order valence-electron chi connectivity index (χ0n) is 16.8. The minimum absolute atomic E-state index is 0.0507. The lowest BCUT2D eigenvalue weighted by Gasteiger charge is -2.22. The molecular formula is C24H22F4OSi. The van der Waals surface area contributed by atoms with E-state index >= 15 is 4.39 Å². The average Bonchev–Trinajstić information content (AvgIpc) is 2.76. The Labute approximate surface area is 174 Å². The summed E-state index contributed by atoms with van der Waals surface area (Å²) in [6.45, 7) is 2.79. The minimum Gasteiger partial charge on any atom is -0.454 e. The largest absolute Gasteiger partial charge is 0.454 e. The topological polar surface area (TPSA) is 9.23 Å². The Morgan fingerprint density at radius 3 is 2.13 bits per heavy atom. The molecule has 0 aliphatic carbocycles. The highest BCUT2D eigenvalue weighted by Crippen LogP contribution is 2.28. The van der Waals surface area contributed by atoms with E-state index in [1.165, 1.54) is 18.2 Å². The van der Waals surface area contributed by atoms with Crippen molar-refractivity contribution in [3.63, 3.8) is 0 Å². The minimum atomic E-state index is -2.91. The van der Waals surface area contributed by atoms with Crippen LogP contribution in [0.5, 0.6) is 11.5 Å². The van der Waals surface area contributed by atoms with Gasteiger partial charge in [0.1, 0.15) is 23.7 Å². The summed E-state index contributed by atoms with van der Waals surface area (Å²) < 4.78 is 62.2. The highest BCUT2D eigenvalue weighted by molar-refractivity contribution is 6.95. The van der Waals surface area contributed by atoms with E-state index in [-0.39, 0.29) is 12.2 Å². The number of hydrogen-bond acceptors (Lipinski definition) is 1. The summed E-state index contributed by atoms with van der Waals surface area (Å²) in [5.74, 6) is -1.08. The number of halogens is 4. The van der Waals surface area contributed by atoms with Gasteiger partial charge in [-0.3, -0.25) is 0 Å². The van der Waals surface area contributed by atoms with Crippen LogP contribution in [0.1, 0.15) is 11.1 Å². The second-order valence-corrected chi connectivity index (χ2v) is 11.8. The molecule has 0 saturated heterocycles. The first kappa shape index (κ1) is 21.8. The van der Waals surface area contributed by atoms with Crippen molar-refractivity contribution >= 4 is 13.3 Å². The van der Waals surface area contributed by atoms with E-state index in [4.69, 9.17) is 4.74 Å². The quantitative estimate of drug-likeness (QED) is 0.292. The van der Waals surface area contributed by atoms with E-state index in [2.05, 4.69) is 0 Å². The Bertz CT molecular complexity index is 1030. The maximum atomic E-state index is 15.0. The van der Waals surface area contributed by atoms with E-state index < -0.39 is 31.8 Å². The third-order valence-corrected chi connectivity index (χ3v) is 8.09. The number of allylic oxidation sites excluding steroid dienone is 1. The van der Waals surface area contributed by atoms with Gasteiger partial charge in [0.15, 0.2) is 19.6 Å². The first-order chi connectivity index (χ1) is 14.3. The van der Waals surface area contributed by atoms with Crippen LogP contribution < -0.4 is 9.92 Å². The molecule has 0 aromatic heterocycles. The molecular weight excluding hydrogens is 408 g/mol. The number of hydrogen-bond donors (Lipinski definition) is 0. The third kappa shape index (κ3) is 5.00. The summed E-state index contributed by atoms with van der Waals surface area (Å²) in [7, 11) is -2.91. The van der Waals surface area contributed by atoms with Crippen molar-refractivity contribution in [3.05, 3.63) is 101 Å². The van der Waals surface area contributed by atoms with E-state index in [1.54, 1.807) is 67.7 Å². The number of para-hydroxylation sites is 1. The Kier molecular flexibility index (Phi) is 6.77. The molecule has 0 heterocycles. The molecule has 0 fully saturated rings. The Hall–Kier alpha value is -2.86. The predicted octanol–water partition coefficient (Wildman–Crippen LogP) is 6.94. The molecule has 0 unspecified atom stereocenters. The molecule has 156 valence electrons. The fourth-order valence-electron chi connectivity index (χ4n) is 3.08. The molecule has 0 N–H and O–H groups in total. The Morgan fingerprint density at radius 1 is 0.867 bits per heavy atom. The van der Waals surface area contributed by atoms with Gasteiger partial charge in [-0.05, 0) is 35.4 Å². The Balaban J connectivity index is 1.83. The van der Waals surface area contributed by atoms with Crippen LogP contribution in [0.4, 0.5) is 17.6 Å². The van der Waals surface area contributed by atoms with Crippen molar-refractivity contribution in [2.45, 2.75) is 26.2 Å². The van der Waals surface area contributed by atoms with E-state index in [1.807, 2.05) is 0 Å². The number of ether oxygens (including phenoxy) is 1. The van der Waals surface area contributed by atoms with Gasteiger partial charge in [0.05, 0.1) is 0 Å². The number of alkyl halides is 1. The zero-order valence-corrected chi connectivity index (χ0v) is 17.8. The molecule has 0 spiro atoms. The average molecular weight is 431 g/mol. The van der Waals surface area contributed by atoms with Crippen LogP contribution >= 0.6 is 0 Å². The van der Waals surface area contributed by atoms with Gasteiger partial charge in [-0.15, -0.1) is 0 Å². The molecule has 3 rings (SSSR count). The molecule has 0 atom stereocenters. The molecule has 0 aliphatic heterocycles. The van der Waals surface area contributed by atoms with Crippen molar-refractivity contribution in [2.75, 3.05) is 0 Å². The molecule has 1 nitrogen and oxygen atoms in total. The third-order valence-electron chi connectivity index (χ3n) is 4.94. The molecule has 3 aromatic carbocycles. The normalized spacial score (nSPS) is 12.5. The summed E-state index contributed by atoms with van der Waals surface area (Å²) in [4.78, 5) is 0. The Morgan fingerprint density at radius 2 is 1.50 bits per heavy atom. The fourth-order valence-corrected chi connectivity index (χ4v) is 5.10. The predicted molar refractivity (Wildman–Crippen MR) is 114 cm³/mol. The van der Waals surface area contributed by atoms with Gasteiger partial charge in [-0.1, -0.05) is 66.8 Å². The smallest absolute Gasteiger partial charge is 0.165 e. The molecule has 0 aliphatic rings. The van der Waals surface area contributed by atoms with Crippen molar-refractivity contribution in [3.8, 4) is 11.5 Å². The maximum absolute atomic E-state index is 15.0. The van der Waals surface area contributed by atoms with E-state index in [9.17, 15) is 13.2 Å². The second kappa shape index (κ2) is 9.30. The number of benzene rings is 3. The lowest BCUT2D eigenvalue weighted by Crippen LogP contribution is -2.43. The second-order valence-electron chi connectivity index (χ2n) is 7.53. The standard InChI is InChI=1S/C24H22F4OSi/c1-30(2,20-11-8-17(16-25)9-12-20)24(28)22(27)14-18-10-13-21(26)23(15-18)29-19-6-4-3-5-7-19/h3-13,15H,14,16H2,1-2H3/b24-22+. The highest BCUT2D eigenvalue weighted by atomic mass is 28.3. The number of rotatable bonds is 7. The summed E-state index contributed by atoms with van der Waals surface area (Å²) in [5.41, 5.74) is 0.101. The van der Waals surface area contributed by atoms with Crippen molar-refractivity contribution < 1.29 is 22.3 Å². The summed E-state index contributed by atoms with van der Waals surface area (Å²) in [5, 5.41) is 0.666. The van der Waals surface area contributed by atoms with Crippen molar-refractivity contribution in [1.82, 2.24) is 0 Å². The fraction of sp³-hybridized carbons (Fsp3) is 0.167. The van der Waals surface area contributed by atoms with Crippen molar-refractivity contribution in [1.29, 1.82) is 0 Å². The van der Waals surface area contributed by atoms with Gasteiger partial charge in [0, 0.05) is 6.42 Å². The monoisotopic (exact) mass is 430 g/mol. The van der Waals surface area contributed by atoms with Gasteiger partial charge in [0.25, 0.3) is 0 Å². The van der Waals surface area contributed by atoms with Crippen LogP contribution in [-0.4, -0.2) is 8.07 Å². The zero-order chi connectivity index (χ0) is 21.7. The summed E-state index contributed by atoms with van der Waals surface area (Å²) >= 11 is 0. The van der Waals surface area contributed by atoms with Crippen LogP contribution in [0.2, 0.25) is 13.1 Å². The maximum Gasteiger partial charge on any atom is 0.165 e. The molecule has 30 heavy (non-hydrogen) atoms. The lowest BCUT2D eigenvalue weighted by molar-refractivity contribution is 0.441. The molecule has 0 saturated carbocycles. The first-order valence-corrected chi connectivity index (χ1v) is 12.5. The van der Waals surface area contributed by atoms with Crippen LogP contribution in [0.15, 0.2) is 84.1 Å². The SMILES string of the molecule is C[Si](C)(/C(F)=C(/F)Cc1ccc(F)c(Oc2ccccc2)c1)c1ccc(CF)cc1. The lowest BCUT2D eigenvalue weighted by atomic mass is 10.1. The van der Waals surface area contributed by atoms with Crippen molar-refractivity contribution in [2.24, 2.45) is 0 Å². The van der Waals surface area contributed by atoms with Gasteiger partial charge >= 0.3 is 0 Å². The van der Waals surface area contributed by atoms with Gasteiger partial charge < -0.3 is 4.74 Å². The van der Waals surface area contributed by atoms with Crippen LogP contribution in [0, 0.1) is 5.82 Å². The van der Waals surface area contributed by atoms with Crippen LogP contribution in [0.3, 0.4) is 0 Å².